The molecule has 1 aliphatic heterocycles. The predicted octanol–water partition coefficient (Wildman–Crippen LogP) is 5.82. The zero-order chi connectivity index (χ0) is 25.5. The summed E-state index contributed by atoms with van der Waals surface area (Å²) < 4.78 is 81.0. The molecule has 0 spiro atoms. The number of nitrogens with zero attached hydrogens (tertiary/aromatic N) is 5. The van der Waals surface area contributed by atoms with Crippen LogP contribution in [0.2, 0.25) is 0 Å². The highest BCUT2D eigenvalue weighted by atomic mass is 19.4. The van der Waals surface area contributed by atoms with Gasteiger partial charge in [-0.25, -0.2) is 0 Å². The van der Waals surface area contributed by atoms with Crippen LogP contribution in [0.15, 0.2) is 30.3 Å². The van der Waals surface area contributed by atoms with Gasteiger partial charge in [-0.1, -0.05) is 22.8 Å². The van der Waals surface area contributed by atoms with Crippen LogP contribution < -0.4 is 10.2 Å². The maximum Gasteiger partial charge on any atom is 0.416 e. The molecule has 0 aliphatic carbocycles. The number of hydrogen-bond acceptors (Lipinski definition) is 5. The van der Waals surface area contributed by atoms with Gasteiger partial charge >= 0.3 is 12.4 Å². The lowest BCUT2D eigenvalue weighted by Crippen LogP contribution is -2.30. The lowest BCUT2D eigenvalue weighted by molar-refractivity contribution is -0.138. The van der Waals surface area contributed by atoms with Crippen LogP contribution in [-0.2, 0) is 25.9 Å². The van der Waals surface area contributed by atoms with Crippen LogP contribution in [0, 0.1) is 13.8 Å². The molecule has 2 aromatic carbocycles. The third kappa shape index (κ3) is 5.35. The first-order chi connectivity index (χ1) is 16.3. The summed E-state index contributed by atoms with van der Waals surface area (Å²) in [6, 6.07) is 5.89. The summed E-state index contributed by atoms with van der Waals surface area (Å²) in [4.78, 5) is 2.94. The van der Waals surface area contributed by atoms with Gasteiger partial charge in [-0.05, 0) is 66.8 Å². The molecule has 35 heavy (non-hydrogen) atoms. The molecular formula is C23H24F6N6. The highest BCUT2D eigenvalue weighted by molar-refractivity contribution is 5.60. The fourth-order valence-electron chi connectivity index (χ4n) is 4.49. The number of alkyl halides is 6. The highest BCUT2D eigenvalue weighted by Crippen LogP contribution is 2.42. The summed E-state index contributed by atoms with van der Waals surface area (Å²) in [5.41, 5.74) is 0.313. The molecular weight excluding hydrogens is 474 g/mol. The molecule has 0 unspecified atom stereocenters. The Morgan fingerprint density at radius 1 is 1.03 bits per heavy atom. The molecule has 1 aromatic heterocycles. The minimum Gasteiger partial charge on any atom is -0.385 e. The molecule has 12 heteroatoms. The van der Waals surface area contributed by atoms with Crippen molar-refractivity contribution in [2.45, 2.75) is 51.6 Å². The van der Waals surface area contributed by atoms with Crippen LogP contribution in [0.4, 0.5) is 38.0 Å². The predicted molar refractivity (Wildman–Crippen MR) is 118 cm³/mol. The number of fused-ring (bicyclic) bond motifs is 1. The molecule has 6 nitrogen and oxygen atoms in total. The maximum absolute atomic E-state index is 13.5. The number of nitrogens with one attached hydrogen (secondary N) is 1. The van der Waals surface area contributed by atoms with Gasteiger partial charge in [0.1, 0.15) is 0 Å². The molecule has 0 bridgehead atoms. The second-order valence-electron chi connectivity index (χ2n) is 8.75. The Balaban J connectivity index is 1.82. The molecule has 1 N–H and O–H groups in total. The molecule has 0 fully saturated rings. The summed E-state index contributed by atoms with van der Waals surface area (Å²) in [5.74, 6) is 0.179. The van der Waals surface area contributed by atoms with Crippen molar-refractivity contribution in [3.63, 3.8) is 0 Å². The minimum atomic E-state index is -4.51. The van der Waals surface area contributed by atoms with Gasteiger partial charge in [-0.15, -0.1) is 5.10 Å². The quantitative estimate of drug-likeness (QED) is 0.460. The van der Waals surface area contributed by atoms with Crippen molar-refractivity contribution in [1.29, 1.82) is 0 Å². The smallest absolute Gasteiger partial charge is 0.385 e. The van der Waals surface area contributed by atoms with E-state index in [1.165, 1.54) is 17.8 Å². The Morgan fingerprint density at radius 2 is 1.77 bits per heavy atom. The third-order valence-electron chi connectivity index (χ3n) is 5.98. The Kier molecular flexibility index (Phi) is 6.41. The highest BCUT2D eigenvalue weighted by Gasteiger charge is 2.36. The van der Waals surface area contributed by atoms with E-state index in [2.05, 4.69) is 20.7 Å². The summed E-state index contributed by atoms with van der Waals surface area (Å²) in [5, 5.41) is 15.3. The average molecular weight is 498 g/mol. The largest absolute Gasteiger partial charge is 0.416 e. The number of anilines is 2. The van der Waals surface area contributed by atoms with Crippen molar-refractivity contribution in [2.75, 3.05) is 16.8 Å². The van der Waals surface area contributed by atoms with Crippen LogP contribution in [0.5, 0.6) is 0 Å². The molecule has 1 atom stereocenters. The molecule has 0 amide bonds. The lowest BCUT2D eigenvalue weighted by Gasteiger charge is -2.32. The van der Waals surface area contributed by atoms with Gasteiger partial charge in [0.05, 0.1) is 24.2 Å². The summed E-state index contributed by atoms with van der Waals surface area (Å²) in [6.07, 6.45) is -7.87. The van der Waals surface area contributed by atoms with Crippen molar-refractivity contribution < 1.29 is 26.3 Å². The van der Waals surface area contributed by atoms with Crippen LogP contribution >= 0.6 is 0 Å². The zero-order valence-corrected chi connectivity index (χ0v) is 19.3. The van der Waals surface area contributed by atoms with E-state index in [4.69, 9.17) is 0 Å². The molecule has 188 valence electrons. The van der Waals surface area contributed by atoms with E-state index in [0.717, 1.165) is 18.2 Å². The van der Waals surface area contributed by atoms with Crippen LogP contribution in [-0.4, -0.2) is 26.8 Å². The molecule has 0 radical (unpaired) electrons. The van der Waals surface area contributed by atoms with Crippen LogP contribution in [0.3, 0.4) is 0 Å². The van der Waals surface area contributed by atoms with Gasteiger partial charge < -0.3 is 10.2 Å². The second-order valence-corrected chi connectivity index (χ2v) is 8.75. The molecule has 1 aliphatic rings. The van der Waals surface area contributed by atoms with E-state index in [0.29, 0.717) is 41.8 Å². The summed E-state index contributed by atoms with van der Waals surface area (Å²) in [6.45, 7) is 3.44. The zero-order valence-electron chi connectivity index (χ0n) is 19.3. The van der Waals surface area contributed by atoms with Crippen molar-refractivity contribution in [1.82, 2.24) is 20.2 Å². The van der Waals surface area contributed by atoms with E-state index >= 15 is 0 Å². The third-order valence-corrected chi connectivity index (χ3v) is 5.98. The maximum atomic E-state index is 13.5. The van der Waals surface area contributed by atoms with Gasteiger partial charge in [-0.3, -0.25) is 0 Å². The standard InChI is InChI=1S/C23H24F6N6/c1-13-7-15(10-16(8-13)22(24,25)26)12-35(21-31-33-34(3)32-21)20-5-4-6-30-19-11-18(23(27,28)29)14(2)9-17(19)20/h7-11,20,30H,4-6,12H2,1-3H3/t20-/m0/s1. The average Bonchev–Trinajstić information content (AvgIpc) is 3.06. The van der Waals surface area contributed by atoms with Gasteiger partial charge in [0, 0.05) is 18.8 Å². The normalized spacial score (nSPS) is 16.4. The molecule has 4 rings (SSSR count). The number of tetrazole rings is 1. The van der Waals surface area contributed by atoms with E-state index in [1.807, 2.05) is 0 Å². The summed E-state index contributed by atoms with van der Waals surface area (Å²) in [7, 11) is 1.56. The second kappa shape index (κ2) is 9.04. The monoisotopic (exact) mass is 498 g/mol. The molecule has 3 aromatic rings. The SMILES string of the molecule is Cc1cc(CN(c2nnn(C)n2)[C@H]2CCCNc3cc(C(F)(F)F)c(C)cc32)cc(C(F)(F)F)c1. The van der Waals surface area contributed by atoms with E-state index in [1.54, 1.807) is 24.9 Å². The fourth-order valence-corrected chi connectivity index (χ4v) is 4.49. The van der Waals surface area contributed by atoms with Gasteiger partial charge in [0.15, 0.2) is 0 Å². The Bertz CT molecular complexity index is 1220. The first-order valence-corrected chi connectivity index (χ1v) is 11.0. The lowest BCUT2D eigenvalue weighted by atomic mass is 9.94. The van der Waals surface area contributed by atoms with Crippen molar-refractivity contribution in [3.8, 4) is 0 Å². The number of aromatic nitrogens is 4. The number of hydrogen-bond donors (Lipinski definition) is 1. The summed E-state index contributed by atoms with van der Waals surface area (Å²) >= 11 is 0. The van der Waals surface area contributed by atoms with E-state index in [-0.39, 0.29) is 18.1 Å². The number of benzene rings is 2. The van der Waals surface area contributed by atoms with Crippen molar-refractivity contribution >= 4 is 11.6 Å². The molecule has 2 heterocycles. The fraction of sp³-hybridized carbons (Fsp3) is 0.435. The first kappa shape index (κ1) is 24.8. The Morgan fingerprint density at radius 3 is 2.40 bits per heavy atom. The van der Waals surface area contributed by atoms with Gasteiger partial charge in [0.25, 0.3) is 5.95 Å². The topological polar surface area (TPSA) is 58.9 Å². The van der Waals surface area contributed by atoms with Crippen molar-refractivity contribution in [3.05, 3.63) is 63.7 Å². The molecule has 0 saturated carbocycles. The van der Waals surface area contributed by atoms with Gasteiger partial charge in [-0.2, -0.15) is 31.1 Å². The number of rotatable bonds is 4. The number of halogens is 6. The first-order valence-electron chi connectivity index (χ1n) is 11.0. The Labute approximate surface area is 197 Å². The van der Waals surface area contributed by atoms with E-state index in [9.17, 15) is 26.3 Å². The number of aryl methyl sites for hydroxylation is 3. The molecule has 0 saturated heterocycles. The van der Waals surface area contributed by atoms with Crippen LogP contribution in [0.1, 0.15) is 52.3 Å². The van der Waals surface area contributed by atoms with Crippen LogP contribution in [0.25, 0.3) is 0 Å². The Hall–Kier alpha value is -3.31. The minimum absolute atomic E-state index is 0.0145. The van der Waals surface area contributed by atoms with E-state index < -0.39 is 29.5 Å². The van der Waals surface area contributed by atoms with Gasteiger partial charge in [0.2, 0.25) is 0 Å². The van der Waals surface area contributed by atoms with Crippen molar-refractivity contribution in [2.24, 2.45) is 7.05 Å².